The van der Waals surface area contributed by atoms with Gasteiger partial charge in [-0.05, 0) is 49.4 Å². The lowest BCUT2D eigenvalue weighted by Crippen LogP contribution is -2.45. The lowest BCUT2D eigenvalue weighted by atomic mass is 10.2. The molecule has 0 aliphatic carbocycles. The molecule has 2 aromatic rings. The van der Waals surface area contributed by atoms with Crippen LogP contribution in [0.1, 0.15) is 29.4 Å². The zero-order valence-electron chi connectivity index (χ0n) is 22.5. The maximum absolute atomic E-state index is 13.2. The number of amides is 4. The highest BCUT2D eigenvalue weighted by molar-refractivity contribution is 7.18. The van der Waals surface area contributed by atoms with Crippen molar-refractivity contribution in [2.24, 2.45) is 0 Å². The number of unbranched alkanes of at least 4 members (excludes halogenated alkanes) is 1. The van der Waals surface area contributed by atoms with Crippen molar-refractivity contribution in [1.29, 1.82) is 0 Å². The van der Waals surface area contributed by atoms with Crippen LogP contribution in [0, 0.1) is 0 Å². The molecule has 14 heteroatoms. The average molecular weight is 607 g/mol. The number of anilines is 2. The van der Waals surface area contributed by atoms with Gasteiger partial charge in [0, 0.05) is 17.9 Å². The second-order valence-electron chi connectivity index (χ2n) is 9.34. The van der Waals surface area contributed by atoms with Crippen LogP contribution in [0.15, 0.2) is 36.4 Å². The van der Waals surface area contributed by atoms with Gasteiger partial charge < -0.3 is 24.4 Å². The Bertz CT molecular complexity index is 1270. The molecular formula is C27H31ClN4O8S. The van der Waals surface area contributed by atoms with E-state index in [1.165, 1.54) is 17.0 Å². The van der Waals surface area contributed by atoms with Gasteiger partial charge in [-0.1, -0.05) is 24.9 Å². The summed E-state index contributed by atoms with van der Waals surface area (Å²) in [5.74, 6) is -2.17. The van der Waals surface area contributed by atoms with Gasteiger partial charge in [-0.2, -0.15) is 0 Å². The first-order valence-electron chi connectivity index (χ1n) is 13.2. The van der Waals surface area contributed by atoms with E-state index in [2.05, 4.69) is 5.32 Å². The van der Waals surface area contributed by atoms with E-state index in [-0.39, 0.29) is 37.0 Å². The molecule has 4 rings (SSSR count). The Morgan fingerprint density at radius 2 is 1.85 bits per heavy atom. The Hall–Kier alpha value is -3.52. The first-order valence-corrected chi connectivity index (χ1v) is 14.4. The molecule has 0 saturated carbocycles. The number of carbonyl (C=O) groups is 5. The van der Waals surface area contributed by atoms with Crippen molar-refractivity contribution >= 4 is 64.1 Å². The first kappa shape index (κ1) is 30.4. The van der Waals surface area contributed by atoms with E-state index in [4.69, 9.17) is 25.8 Å². The number of halogens is 1. The van der Waals surface area contributed by atoms with Crippen LogP contribution in [-0.2, 0) is 28.6 Å². The van der Waals surface area contributed by atoms with Gasteiger partial charge in [0.05, 0.1) is 35.5 Å². The molecule has 4 amide bonds. The SMILES string of the molecule is CCCCNCC(=O)OCC(=O)N(C[C@H]1CN(c2ccc(N3CCOCC3=O)cc2)C(=O)O1)C(=O)c1ccc(Cl)s1. The van der Waals surface area contributed by atoms with Gasteiger partial charge >= 0.3 is 12.1 Å². The van der Waals surface area contributed by atoms with Crippen LogP contribution in [0.3, 0.4) is 0 Å². The van der Waals surface area contributed by atoms with Gasteiger partial charge in [0.25, 0.3) is 17.7 Å². The zero-order chi connectivity index (χ0) is 29.4. The van der Waals surface area contributed by atoms with E-state index in [1.54, 1.807) is 29.2 Å². The van der Waals surface area contributed by atoms with Crippen LogP contribution in [0.2, 0.25) is 4.34 Å². The number of nitrogens with one attached hydrogen (secondary N) is 1. The topological polar surface area (TPSA) is 135 Å². The summed E-state index contributed by atoms with van der Waals surface area (Å²) in [5, 5.41) is 2.93. The van der Waals surface area contributed by atoms with Crippen molar-refractivity contribution < 1.29 is 38.2 Å². The van der Waals surface area contributed by atoms with E-state index in [1.807, 2.05) is 6.92 Å². The molecule has 12 nitrogen and oxygen atoms in total. The van der Waals surface area contributed by atoms with Crippen molar-refractivity contribution in [2.45, 2.75) is 25.9 Å². The molecule has 1 aromatic heterocycles. The molecule has 2 aliphatic rings. The van der Waals surface area contributed by atoms with E-state index in [0.717, 1.165) is 29.1 Å². The molecule has 1 aromatic carbocycles. The van der Waals surface area contributed by atoms with Crippen molar-refractivity contribution in [3.8, 4) is 0 Å². The number of esters is 1. The molecule has 1 atom stereocenters. The lowest BCUT2D eigenvalue weighted by molar-refractivity contribution is -0.150. The summed E-state index contributed by atoms with van der Waals surface area (Å²) in [6.07, 6.45) is 0.382. The summed E-state index contributed by atoms with van der Waals surface area (Å²) in [6.45, 7) is 2.67. The maximum atomic E-state index is 13.2. The molecule has 2 fully saturated rings. The summed E-state index contributed by atoms with van der Waals surface area (Å²) >= 11 is 6.99. The van der Waals surface area contributed by atoms with Crippen LogP contribution in [0.5, 0.6) is 0 Å². The summed E-state index contributed by atoms with van der Waals surface area (Å²) in [5.41, 5.74) is 1.21. The molecule has 0 spiro atoms. The maximum Gasteiger partial charge on any atom is 0.414 e. The molecule has 1 N–H and O–H groups in total. The zero-order valence-corrected chi connectivity index (χ0v) is 24.1. The Morgan fingerprint density at radius 3 is 2.51 bits per heavy atom. The number of rotatable bonds is 12. The van der Waals surface area contributed by atoms with Gasteiger partial charge in [0.15, 0.2) is 6.61 Å². The van der Waals surface area contributed by atoms with E-state index in [9.17, 15) is 24.0 Å². The fraction of sp³-hybridized carbons (Fsp3) is 0.444. The summed E-state index contributed by atoms with van der Waals surface area (Å²) in [4.78, 5) is 67.3. The molecule has 41 heavy (non-hydrogen) atoms. The van der Waals surface area contributed by atoms with Crippen LogP contribution < -0.4 is 15.1 Å². The minimum Gasteiger partial charge on any atom is -0.455 e. The molecule has 0 radical (unpaired) electrons. The first-order chi connectivity index (χ1) is 19.8. The largest absolute Gasteiger partial charge is 0.455 e. The second kappa shape index (κ2) is 14.4. The molecular weight excluding hydrogens is 576 g/mol. The molecule has 2 saturated heterocycles. The van der Waals surface area contributed by atoms with Crippen molar-refractivity contribution in [1.82, 2.24) is 10.2 Å². The highest BCUT2D eigenvalue weighted by atomic mass is 35.5. The molecule has 0 bridgehead atoms. The molecule has 220 valence electrons. The minimum absolute atomic E-state index is 0.0164. The van der Waals surface area contributed by atoms with Crippen molar-refractivity contribution in [2.75, 3.05) is 62.3 Å². The highest BCUT2D eigenvalue weighted by Crippen LogP contribution is 2.27. The predicted molar refractivity (Wildman–Crippen MR) is 151 cm³/mol. The second-order valence-corrected chi connectivity index (χ2v) is 11.1. The van der Waals surface area contributed by atoms with Crippen molar-refractivity contribution in [3.05, 3.63) is 45.6 Å². The summed E-state index contributed by atoms with van der Waals surface area (Å²) in [7, 11) is 0. The number of morpholine rings is 1. The molecule has 3 heterocycles. The number of nitrogens with zero attached hydrogens (tertiary/aromatic N) is 3. The Kier molecular flexibility index (Phi) is 10.7. The van der Waals surface area contributed by atoms with Gasteiger partial charge in [0.2, 0.25) is 0 Å². The number of imide groups is 1. The number of benzene rings is 1. The van der Waals surface area contributed by atoms with E-state index < -0.39 is 36.6 Å². The minimum atomic E-state index is -0.835. The Morgan fingerprint density at radius 1 is 1.12 bits per heavy atom. The Balaban J connectivity index is 1.40. The molecule has 2 aliphatic heterocycles. The number of cyclic esters (lactones) is 1. The van der Waals surface area contributed by atoms with Gasteiger partial charge in [-0.3, -0.25) is 29.0 Å². The van der Waals surface area contributed by atoms with Gasteiger partial charge in [-0.15, -0.1) is 11.3 Å². The number of thiophene rings is 1. The predicted octanol–water partition coefficient (Wildman–Crippen LogP) is 2.69. The third-order valence-corrected chi connectivity index (χ3v) is 7.60. The van der Waals surface area contributed by atoms with Crippen LogP contribution in [0.25, 0.3) is 0 Å². The number of hydrogen-bond acceptors (Lipinski definition) is 10. The van der Waals surface area contributed by atoms with Crippen LogP contribution in [-0.4, -0.2) is 93.3 Å². The van der Waals surface area contributed by atoms with Crippen LogP contribution in [0.4, 0.5) is 16.2 Å². The monoisotopic (exact) mass is 606 g/mol. The van der Waals surface area contributed by atoms with Gasteiger partial charge in [-0.25, -0.2) is 4.79 Å². The summed E-state index contributed by atoms with van der Waals surface area (Å²) in [6, 6.07) is 9.87. The lowest BCUT2D eigenvalue weighted by Gasteiger charge is -2.27. The van der Waals surface area contributed by atoms with E-state index >= 15 is 0 Å². The smallest absolute Gasteiger partial charge is 0.414 e. The van der Waals surface area contributed by atoms with Gasteiger partial charge in [0.1, 0.15) is 12.7 Å². The standard InChI is InChI=1S/C27H31ClN4O8S/c1-2-3-10-29-13-25(35)39-17-24(34)32(26(36)21-8-9-22(28)41-21)15-20-14-31(27(37)40-20)19-6-4-18(5-7-19)30-11-12-38-16-23(30)33/h4-9,20,29H,2-3,10-17H2,1H3/t20-/m1/s1. The number of ether oxygens (including phenoxy) is 3. The highest BCUT2D eigenvalue weighted by Gasteiger charge is 2.37. The van der Waals surface area contributed by atoms with Crippen molar-refractivity contribution in [3.63, 3.8) is 0 Å². The fourth-order valence-corrected chi connectivity index (χ4v) is 5.25. The Labute approximate surface area is 246 Å². The average Bonchev–Trinajstić information content (AvgIpc) is 3.57. The summed E-state index contributed by atoms with van der Waals surface area (Å²) < 4.78 is 16.1. The number of hydrogen-bond donors (Lipinski definition) is 1. The third-order valence-electron chi connectivity index (χ3n) is 6.38. The van der Waals surface area contributed by atoms with Crippen LogP contribution >= 0.6 is 22.9 Å². The number of carbonyl (C=O) groups excluding carboxylic acids is 5. The van der Waals surface area contributed by atoms with E-state index in [0.29, 0.717) is 35.4 Å². The quantitative estimate of drug-likeness (QED) is 0.286. The fourth-order valence-electron chi connectivity index (χ4n) is 4.26. The molecule has 0 unspecified atom stereocenters. The normalized spacial score (nSPS) is 17.0. The third kappa shape index (κ3) is 8.03.